The van der Waals surface area contributed by atoms with Crippen LogP contribution < -0.4 is 5.32 Å². The minimum absolute atomic E-state index is 0.0965. The Morgan fingerprint density at radius 1 is 1.43 bits per heavy atom. The molecule has 1 heterocycles. The lowest BCUT2D eigenvalue weighted by molar-refractivity contribution is -0.130. The summed E-state index contributed by atoms with van der Waals surface area (Å²) in [5, 5.41) is 13.2. The highest BCUT2D eigenvalue weighted by molar-refractivity contribution is 6.32. The maximum absolute atomic E-state index is 11.7. The van der Waals surface area contributed by atoms with E-state index in [1.165, 1.54) is 0 Å². The van der Waals surface area contributed by atoms with Crippen LogP contribution >= 0.6 is 11.6 Å². The summed E-state index contributed by atoms with van der Waals surface area (Å²) in [6.07, 6.45) is 1.97. The highest BCUT2D eigenvalue weighted by Crippen LogP contribution is 2.27. The zero-order valence-electron chi connectivity index (χ0n) is 12.5. The first-order valence-corrected chi connectivity index (χ1v) is 7.51. The summed E-state index contributed by atoms with van der Waals surface area (Å²) in [5.74, 6) is 0.242. The molecule has 1 aliphatic rings. The number of phenols is 1. The average molecular weight is 312 g/mol. The summed E-state index contributed by atoms with van der Waals surface area (Å²) in [6.45, 7) is 2.30. The minimum atomic E-state index is 0.0965. The monoisotopic (exact) mass is 311 g/mol. The van der Waals surface area contributed by atoms with E-state index in [-0.39, 0.29) is 11.7 Å². The summed E-state index contributed by atoms with van der Waals surface area (Å²) < 4.78 is 0. The van der Waals surface area contributed by atoms with Gasteiger partial charge in [-0.05, 0) is 31.0 Å². The second kappa shape index (κ2) is 7.00. The Morgan fingerprint density at radius 2 is 2.10 bits per heavy atom. The van der Waals surface area contributed by atoms with Gasteiger partial charge in [-0.2, -0.15) is 0 Å². The Kier molecular flexibility index (Phi) is 5.31. The average Bonchev–Trinajstić information content (AvgIpc) is 2.45. The fourth-order valence-corrected chi connectivity index (χ4v) is 2.58. The van der Waals surface area contributed by atoms with Gasteiger partial charge in [0.2, 0.25) is 5.91 Å². The molecule has 1 aromatic rings. The molecule has 1 saturated heterocycles. The lowest BCUT2D eigenvalue weighted by Gasteiger charge is -2.33. The zero-order valence-corrected chi connectivity index (χ0v) is 13.2. The van der Waals surface area contributed by atoms with E-state index in [4.69, 9.17) is 11.6 Å². The molecule has 0 atom stereocenters. The van der Waals surface area contributed by atoms with E-state index in [1.54, 1.807) is 31.1 Å². The van der Waals surface area contributed by atoms with Gasteiger partial charge >= 0.3 is 0 Å². The summed E-state index contributed by atoms with van der Waals surface area (Å²) in [7, 11) is 3.57. The number of aromatic hydroxyl groups is 1. The molecule has 0 aromatic heterocycles. The van der Waals surface area contributed by atoms with Gasteiger partial charge in [-0.15, -0.1) is 0 Å². The summed E-state index contributed by atoms with van der Waals surface area (Å²) in [4.78, 5) is 15.5. The van der Waals surface area contributed by atoms with E-state index in [0.29, 0.717) is 17.6 Å². The Morgan fingerprint density at radius 3 is 2.67 bits per heavy atom. The smallest absolute Gasteiger partial charge is 0.236 e. The number of benzene rings is 1. The van der Waals surface area contributed by atoms with Crippen molar-refractivity contribution in [2.45, 2.75) is 18.9 Å². The summed E-state index contributed by atoms with van der Waals surface area (Å²) in [6, 6.07) is 5.52. The van der Waals surface area contributed by atoms with Gasteiger partial charge in [0.25, 0.3) is 0 Å². The molecule has 1 fully saturated rings. The first kappa shape index (κ1) is 15.9. The summed E-state index contributed by atoms with van der Waals surface area (Å²) in [5.41, 5.74) is 0.917. The first-order valence-electron chi connectivity index (χ1n) is 7.13. The van der Waals surface area contributed by atoms with Crippen LogP contribution in [0.2, 0.25) is 5.02 Å². The number of rotatable bonds is 4. The molecule has 0 bridgehead atoms. The Hall–Kier alpha value is -1.46. The molecule has 0 aliphatic carbocycles. The van der Waals surface area contributed by atoms with Gasteiger partial charge in [-0.25, -0.2) is 0 Å². The highest BCUT2D eigenvalue weighted by atomic mass is 35.5. The fourth-order valence-electron chi connectivity index (χ4n) is 2.40. The molecular formula is C15H22ClN3O2. The molecule has 0 saturated carbocycles. The first-order chi connectivity index (χ1) is 9.95. The Balaban J connectivity index is 1.81. The molecule has 21 heavy (non-hydrogen) atoms. The van der Waals surface area contributed by atoms with E-state index in [0.717, 1.165) is 31.6 Å². The Labute approximate surface area is 130 Å². The van der Waals surface area contributed by atoms with Crippen LogP contribution in [0.3, 0.4) is 0 Å². The van der Waals surface area contributed by atoms with Crippen molar-refractivity contribution < 1.29 is 9.90 Å². The SMILES string of the molecule is CN(C)C(=O)CN1CCC(Nc2ccc(O)c(Cl)c2)CC1. The number of halogens is 1. The maximum Gasteiger partial charge on any atom is 0.236 e. The fraction of sp³-hybridized carbons (Fsp3) is 0.533. The normalized spacial score (nSPS) is 16.7. The number of carbonyl (C=O) groups is 1. The van der Waals surface area contributed by atoms with Crippen molar-refractivity contribution in [3.05, 3.63) is 23.2 Å². The van der Waals surface area contributed by atoms with Gasteiger partial charge in [0, 0.05) is 38.9 Å². The number of nitrogens with one attached hydrogen (secondary N) is 1. The molecular weight excluding hydrogens is 290 g/mol. The molecule has 0 spiro atoms. The largest absolute Gasteiger partial charge is 0.506 e. The molecule has 5 nitrogen and oxygen atoms in total. The number of hydrogen-bond donors (Lipinski definition) is 2. The number of phenolic OH excluding ortho intramolecular Hbond substituents is 1. The molecule has 2 rings (SSSR count). The van der Waals surface area contributed by atoms with Crippen LogP contribution in [0.1, 0.15) is 12.8 Å². The quantitative estimate of drug-likeness (QED) is 0.835. The van der Waals surface area contributed by atoms with E-state index >= 15 is 0 Å². The molecule has 2 N–H and O–H groups in total. The number of nitrogens with zero attached hydrogens (tertiary/aromatic N) is 2. The molecule has 1 aliphatic heterocycles. The number of piperidine rings is 1. The second-order valence-corrected chi connectivity index (χ2v) is 6.06. The van der Waals surface area contributed by atoms with Crippen molar-refractivity contribution in [2.75, 3.05) is 39.0 Å². The van der Waals surface area contributed by atoms with E-state index in [2.05, 4.69) is 10.2 Å². The second-order valence-electron chi connectivity index (χ2n) is 5.65. The summed E-state index contributed by atoms with van der Waals surface area (Å²) >= 11 is 5.90. The van der Waals surface area contributed by atoms with Crippen molar-refractivity contribution in [3.63, 3.8) is 0 Å². The van der Waals surface area contributed by atoms with Crippen LogP contribution in [0.25, 0.3) is 0 Å². The van der Waals surface area contributed by atoms with Crippen molar-refractivity contribution in [1.29, 1.82) is 0 Å². The van der Waals surface area contributed by atoms with Crippen LogP contribution in [0.15, 0.2) is 18.2 Å². The third-order valence-electron chi connectivity index (χ3n) is 3.76. The highest BCUT2D eigenvalue weighted by Gasteiger charge is 2.21. The van der Waals surface area contributed by atoms with Gasteiger partial charge in [0.1, 0.15) is 5.75 Å². The number of anilines is 1. The van der Waals surface area contributed by atoms with E-state index in [1.807, 2.05) is 6.07 Å². The van der Waals surface area contributed by atoms with Crippen LogP contribution in [-0.4, -0.2) is 60.6 Å². The van der Waals surface area contributed by atoms with Gasteiger partial charge in [-0.3, -0.25) is 9.69 Å². The molecule has 1 amide bonds. The van der Waals surface area contributed by atoms with Crippen molar-refractivity contribution >= 4 is 23.2 Å². The van der Waals surface area contributed by atoms with Crippen molar-refractivity contribution in [2.24, 2.45) is 0 Å². The number of likely N-dealkylation sites (N-methyl/N-ethyl adjacent to an activating group) is 1. The van der Waals surface area contributed by atoms with Gasteiger partial charge in [-0.1, -0.05) is 11.6 Å². The van der Waals surface area contributed by atoms with E-state index in [9.17, 15) is 9.90 Å². The predicted octanol–water partition coefficient (Wildman–Crippen LogP) is 2.01. The van der Waals surface area contributed by atoms with Crippen LogP contribution in [0.5, 0.6) is 5.75 Å². The van der Waals surface area contributed by atoms with Gasteiger partial charge in [0.15, 0.2) is 0 Å². The zero-order chi connectivity index (χ0) is 15.4. The molecule has 1 aromatic carbocycles. The third kappa shape index (κ3) is 4.51. The molecule has 116 valence electrons. The van der Waals surface area contributed by atoms with Crippen molar-refractivity contribution in [3.8, 4) is 5.75 Å². The van der Waals surface area contributed by atoms with Gasteiger partial charge in [0.05, 0.1) is 11.6 Å². The lowest BCUT2D eigenvalue weighted by atomic mass is 10.0. The standard InChI is InChI=1S/C15H22ClN3O2/c1-18(2)15(21)10-19-7-5-11(6-8-19)17-12-3-4-14(20)13(16)9-12/h3-4,9,11,17,20H,5-8,10H2,1-2H3. The Bertz CT molecular complexity index is 500. The topological polar surface area (TPSA) is 55.8 Å². The van der Waals surface area contributed by atoms with Crippen LogP contribution in [0.4, 0.5) is 5.69 Å². The van der Waals surface area contributed by atoms with Crippen LogP contribution in [-0.2, 0) is 4.79 Å². The molecule has 6 heteroatoms. The van der Waals surface area contributed by atoms with Crippen molar-refractivity contribution in [1.82, 2.24) is 9.80 Å². The number of carbonyl (C=O) groups excluding carboxylic acids is 1. The minimum Gasteiger partial charge on any atom is -0.506 e. The van der Waals surface area contributed by atoms with E-state index < -0.39 is 0 Å². The van der Waals surface area contributed by atoms with Gasteiger partial charge < -0.3 is 15.3 Å². The molecule has 0 radical (unpaired) electrons. The molecule has 0 unspecified atom stereocenters. The number of hydrogen-bond acceptors (Lipinski definition) is 4. The maximum atomic E-state index is 11.7. The third-order valence-corrected chi connectivity index (χ3v) is 4.07. The lowest BCUT2D eigenvalue weighted by Crippen LogP contribution is -2.43. The van der Waals surface area contributed by atoms with Crippen LogP contribution in [0, 0.1) is 0 Å². The number of amides is 1. The predicted molar refractivity (Wildman–Crippen MR) is 84.9 cm³/mol. The number of likely N-dealkylation sites (tertiary alicyclic amines) is 1.